The standard InChI is InChI=1S/C21H20N4OS2/c1-2-3-11-28(26)21-19(22)18-16(14-6-9-23-10-7-14)12-17(25-20(18)27-21)15-5-4-8-24-13-15/h4-10,12-13H,2-3,11,22H2,1H3. The van der Waals surface area contributed by atoms with Crippen LogP contribution in [0.4, 0.5) is 5.69 Å². The van der Waals surface area contributed by atoms with Gasteiger partial charge in [0.25, 0.3) is 0 Å². The number of anilines is 1. The lowest BCUT2D eigenvalue weighted by Gasteiger charge is -2.08. The topological polar surface area (TPSA) is 81.8 Å². The Morgan fingerprint density at radius 3 is 2.64 bits per heavy atom. The fourth-order valence-corrected chi connectivity index (χ4v) is 5.85. The minimum absolute atomic E-state index is 0.575. The van der Waals surface area contributed by atoms with Gasteiger partial charge in [-0.3, -0.25) is 14.2 Å². The van der Waals surface area contributed by atoms with Gasteiger partial charge in [0.15, 0.2) is 0 Å². The van der Waals surface area contributed by atoms with Crippen molar-refractivity contribution in [3.8, 4) is 22.4 Å². The third-order valence-electron chi connectivity index (χ3n) is 4.50. The van der Waals surface area contributed by atoms with E-state index in [1.54, 1.807) is 24.8 Å². The molecule has 4 heterocycles. The molecule has 2 N–H and O–H groups in total. The molecule has 0 fully saturated rings. The number of aromatic nitrogens is 3. The summed E-state index contributed by atoms with van der Waals surface area (Å²) >= 11 is 1.43. The van der Waals surface area contributed by atoms with Crippen molar-refractivity contribution in [2.24, 2.45) is 0 Å². The van der Waals surface area contributed by atoms with Gasteiger partial charge in [-0.15, -0.1) is 11.3 Å². The van der Waals surface area contributed by atoms with Crippen LogP contribution in [-0.2, 0) is 10.8 Å². The Bertz CT molecular complexity index is 1130. The summed E-state index contributed by atoms with van der Waals surface area (Å²) in [4.78, 5) is 13.9. The van der Waals surface area contributed by atoms with Crippen molar-refractivity contribution < 1.29 is 4.21 Å². The minimum Gasteiger partial charge on any atom is -0.396 e. The van der Waals surface area contributed by atoms with Crippen LogP contribution in [0.3, 0.4) is 0 Å². The van der Waals surface area contributed by atoms with Crippen molar-refractivity contribution in [2.45, 2.75) is 24.0 Å². The van der Waals surface area contributed by atoms with Gasteiger partial charge in [-0.25, -0.2) is 4.98 Å². The molecular weight excluding hydrogens is 388 g/mol. The molecule has 0 aromatic carbocycles. The van der Waals surface area contributed by atoms with Crippen molar-refractivity contribution in [3.05, 3.63) is 55.1 Å². The highest BCUT2D eigenvalue weighted by atomic mass is 32.2. The van der Waals surface area contributed by atoms with E-state index in [0.29, 0.717) is 11.4 Å². The number of thiophene rings is 1. The fraction of sp³-hybridized carbons (Fsp3) is 0.190. The number of nitrogens with two attached hydrogens (primary N) is 1. The van der Waals surface area contributed by atoms with Gasteiger partial charge in [0.2, 0.25) is 0 Å². The van der Waals surface area contributed by atoms with E-state index in [-0.39, 0.29) is 0 Å². The molecule has 7 heteroatoms. The molecule has 4 aromatic heterocycles. The van der Waals surface area contributed by atoms with E-state index in [0.717, 1.165) is 49.7 Å². The second kappa shape index (κ2) is 8.16. The predicted molar refractivity (Wildman–Crippen MR) is 117 cm³/mol. The smallest absolute Gasteiger partial charge is 0.127 e. The Labute approximate surface area is 170 Å². The van der Waals surface area contributed by atoms with E-state index in [2.05, 4.69) is 16.9 Å². The number of pyridine rings is 3. The Hall–Kier alpha value is -2.64. The number of hydrogen-bond acceptors (Lipinski definition) is 6. The molecule has 0 saturated heterocycles. The van der Waals surface area contributed by atoms with Gasteiger partial charge in [-0.1, -0.05) is 13.3 Å². The van der Waals surface area contributed by atoms with Gasteiger partial charge in [0, 0.05) is 41.5 Å². The molecule has 0 amide bonds. The second-order valence-electron chi connectivity index (χ2n) is 6.42. The van der Waals surface area contributed by atoms with Gasteiger partial charge in [-0.05, 0) is 47.9 Å². The van der Waals surface area contributed by atoms with Crippen LogP contribution in [0.1, 0.15) is 19.8 Å². The van der Waals surface area contributed by atoms with Crippen molar-refractivity contribution in [2.75, 3.05) is 11.5 Å². The Morgan fingerprint density at radius 2 is 1.93 bits per heavy atom. The normalized spacial score (nSPS) is 12.3. The molecule has 0 bridgehead atoms. The van der Waals surface area contributed by atoms with E-state index in [9.17, 15) is 4.21 Å². The summed E-state index contributed by atoms with van der Waals surface area (Å²) in [5, 5.41) is 0.865. The molecule has 0 radical (unpaired) electrons. The van der Waals surface area contributed by atoms with E-state index in [4.69, 9.17) is 10.7 Å². The monoisotopic (exact) mass is 408 g/mol. The van der Waals surface area contributed by atoms with E-state index in [1.807, 2.05) is 30.3 Å². The fourth-order valence-electron chi connectivity index (χ4n) is 3.06. The molecule has 1 atom stereocenters. The summed E-state index contributed by atoms with van der Waals surface area (Å²) in [6.45, 7) is 2.09. The third kappa shape index (κ3) is 3.55. The summed E-state index contributed by atoms with van der Waals surface area (Å²) in [5.41, 5.74) is 10.8. The summed E-state index contributed by atoms with van der Waals surface area (Å²) in [5.74, 6) is 0.619. The Kier molecular flexibility index (Phi) is 5.45. The van der Waals surface area contributed by atoms with Crippen LogP contribution in [0.15, 0.2) is 59.3 Å². The average molecular weight is 409 g/mol. The molecule has 5 nitrogen and oxygen atoms in total. The summed E-state index contributed by atoms with van der Waals surface area (Å²) in [6.07, 6.45) is 8.96. The number of hydrogen-bond donors (Lipinski definition) is 1. The average Bonchev–Trinajstić information content (AvgIpc) is 3.09. The quantitative estimate of drug-likeness (QED) is 0.490. The van der Waals surface area contributed by atoms with Crippen LogP contribution in [-0.4, -0.2) is 24.9 Å². The SMILES string of the molecule is CCCCS(=O)c1sc2nc(-c3cccnc3)cc(-c3ccncc3)c2c1N. The van der Waals surface area contributed by atoms with Crippen molar-refractivity contribution in [1.29, 1.82) is 0 Å². The Morgan fingerprint density at radius 1 is 1.11 bits per heavy atom. The number of fused-ring (bicyclic) bond motifs is 1. The molecule has 0 aliphatic heterocycles. The van der Waals surface area contributed by atoms with Crippen LogP contribution >= 0.6 is 11.3 Å². The molecule has 1 unspecified atom stereocenters. The lowest BCUT2D eigenvalue weighted by Crippen LogP contribution is -1.99. The minimum atomic E-state index is -1.11. The maximum absolute atomic E-state index is 12.8. The van der Waals surface area contributed by atoms with E-state index >= 15 is 0 Å². The Balaban J connectivity index is 1.95. The molecular formula is C21H20N4OS2. The highest BCUT2D eigenvalue weighted by Gasteiger charge is 2.20. The van der Waals surface area contributed by atoms with Crippen molar-refractivity contribution in [1.82, 2.24) is 15.0 Å². The number of unbranched alkanes of at least 4 members (excludes halogenated alkanes) is 1. The first-order chi connectivity index (χ1) is 13.7. The molecule has 0 saturated carbocycles. The van der Waals surface area contributed by atoms with E-state index in [1.165, 1.54) is 11.3 Å². The van der Waals surface area contributed by atoms with Crippen LogP contribution < -0.4 is 5.73 Å². The van der Waals surface area contributed by atoms with Gasteiger partial charge >= 0.3 is 0 Å². The van der Waals surface area contributed by atoms with Gasteiger partial charge in [-0.2, -0.15) is 0 Å². The zero-order valence-corrected chi connectivity index (χ0v) is 17.1. The summed E-state index contributed by atoms with van der Waals surface area (Å²) in [7, 11) is -1.11. The molecule has 142 valence electrons. The second-order valence-corrected chi connectivity index (χ2v) is 9.18. The van der Waals surface area contributed by atoms with E-state index < -0.39 is 10.8 Å². The predicted octanol–water partition coefficient (Wildman–Crippen LogP) is 4.91. The van der Waals surface area contributed by atoms with Crippen LogP contribution in [0.5, 0.6) is 0 Å². The van der Waals surface area contributed by atoms with Crippen LogP contribution in [0.25, 0.3) is 32.6 Å². The maximum atomic E-state index is 12.8. The summed E-state index contributed by atoms with van der Waals surface area (Å²) in [6, 6.07) is 9.80. The zero-order valence-electron chi connectivity index (χ0n) is 15.5. The number of nitrogen functional groups attached to an aromatic ring is 1. The van der Waals surface area contributed by atoms with Crippen molar-refractivity contribution in [3.63, 3.8) is 0 Å². The van der Waals surface area contributed by atoms with Gasteiger partial charge in [0.05, 0.1) is 22.2 Å². The first-order valence-electron chi connectivity index (χ1n) is 9.11. The lowest BCUT2D eigenvalue weighted by atomic mass is 10.0. The largest absolute Gasteiger partial charge is 0.396 e. The molecule has 0 aliphatic carbocycles. The van der Waals surface area contributed by atoms with Gasteiger partial charge < -0.3 is 5.73 Å². The highest BCUT2D eigenvalue weighted by Crippen LogP contribution is 2.42. The molecule has 4 aromatic rings. The highest BCUT2D eigenvalue weighted by molar-refractivity contribution is 7.87. The third-order valence-corrected chi connectivity index (χ3v) is 7.50. The number of nitrogens with zero attached hydrogens (tertiary/aromatic N) is 3. The first kappa shape index (κ1) is 18.7. The molecule has 28 heavy (non-hydrogen) atoms. The van der Waals surface area contributed by atoms with Crippen LogP contribution in [0.2, 0.25) is 0 Å². The molecule has 0 aliphatic rings. The molecule has 0 spiro atoms. The number of rotatable bonds is 6. The summed E-state index contributed by atoms with van der Waals surface area (Å²) < 4.78 is 13.5. The maximum Gasteiger partial charge on any atom is 0.127 e. The molecule has 4 rings (SSSR count). The first-order valence-corrected chi connectivity index (χ1v) is 11.2. The van der Waals surface area contributed by atoms with Gasteiger partial charge in [0.1, 0.15) is 9.04 Å². The van der Waals surface area contributed by atoms with Crippen LogP contribution in [0, 0.1) is 0 Å². The zero-order chi connectivity index (χ0) is 19.5. The van der Waals surface area contributed by atoms with Crippen molar-refractivity contribution >= 4 is 38.0 Å². The lowest BCUT2D eigenvalue weighted by molar-refractivity contribution is 0.681.